The van der Waals surface area contributed by atoms with Gasteiger partial charge in [0.05, 0.1) is 13.2 Å². The van der Waals surface area contributed by atoms with Crippen molar-refractivity contribution in [2.75, 3.05) is 26.3 Å². The number of carbonyl (C=O) groups excluding carboxylic acids is 1. The third kappa shape index (κ3) is 2.84. The third-order valence-corrected chi connectivity index (χ3v) is 5.22. The molecule has 2 saturated heterocycles. The summed E-state index contributed by atoms with van der Waals surface area (Å²) in [4.78, 5) is 22.1. The average molecular weight is 330 g/mol. The first-order valence-electron chi connectivity index (χ1n) is 8.42. The van der Waals surface area contributed by atoms with E-state index in [-0.39, 0.29) is 11.3 Å². The van der Waals surface area contributed by atoms with Gasteiger partial charge in [-0.3, -0.25) is 4.79 Å². The Morgan fingerprint density at radius 1 is 1.54 bits per heavy atom. The van der Waals surface area contributed by atoms with Crippen molar-refractivity contribution < 1.29 is 14.1 Å². The van der Waals surface area contributed by atoms with Gasteiger partial charge in [-0.15, -0.1) is 0 Å². The highest BCUT2D eigenvalue weighted by atomic mass is 16.5. The van der Waals surface area contributed by atoms with Gasteiger partial charge in [-0.25, -0.2) is 0 Å². The van der Waals surface area contributed by atoms with Gasteiger partial charge in [-0.1, -0.05) is 5.16 Å². The number of H-pyrrole nitrogens is 1. The van der Waals surface area contributed by atoms with E-state index >= 15 is 0 Å². The Morgan fingerprint density at radius 3 is 3.21 bits per heavy atom. The molecule has 128 valence electrons. The third-order valence-electron chi connectivity index (χ3n) is 5.22. The normalized spacial score (nSPS) is 26.0. The summed E-state index contributed by atoms with van der Waals surface area (Å²) < 4.78 is 11.0. The van der Waals surface area contributed by atoms with Gasteiger partial charge >= 0.3 is 0 Å². The predicted octanol–water partition coefficient (Wildman–Crippen LogP) is 1.36. The molecule has 2 aromatic heterocycles. The number of aromatic nitrogens is 3. The average Bonchev–Trinajstić information content (AvgIpc) is 3.29. The summed E-state index contributed by atoms with van der Waals surface area (Å²) in [6, 6.07) is 3.97. The minimum absolute atomic E-state index is 0.0823. The standard InChI is InChI=1S/C17H22N4O3/c1-12-19-15(24-20-12)7-17-10-21(8-13(17)9-23-11-17)16(22)5-4-14-3-2-6-18-14/h2-3,6,13,18H,4-5,7-11H2,1H3/t13-,17+/m1/s1. The van der Waals surface area contributed by atoms with E-state index in [2.05, 4.69) is 15.1 Å². The molecular weight excluding hydrogens is 308 g/mol. The smallest absolute Gasteiger partial charge is 0.227 e. The number of amides is 1. The number of nitrogens with zero attached hydrogens (tertiary/aromatic N) is 3. The number of likely N-dealkylation sites (tertiary alicyclic amines) is 1. The molecule has 0 aliphatic carbocycles. The van der Waals surface area contributed by atoms with Crippen molar-refractivity contribution in [3.63, 3.8) is 0 Å². The van der Waals surface area contributed by atoms with E-state index in [0.29, 0.717) is 50.2 Å². The fourth-order valence-electron chi connectivity index (χ4n) is 3.91. The summed E-state index contributed by atoms with van der Waals surface area (Å²) >= 11 is 0. The summed E-state index contributed by atoms with van der Waals surface area (Å²) in [5, 5.41) is 3.87. The first-order chi connectivity index (χ1) is 11.6. The second kappa shape index (κ2) is 6.05. The van der Waals surface area contributed by atoms with Crippen molar-refractivity contribution in [3.05, 3.63) is 35.7 Å². The Hall–Kier alpha value is -2.15. The molecule has 1 N–H and O–H groups in total. The summed E-state index contributed by atoms with van der Waals surface area (Å²) in [5.74, 6) is 1.84. The van der Waals surface area contributed by atoms with E-state index in [1.165, 1.54) is 0 Å². The van der Waals surface area contributed by atoms with Gasteiger partial charge in [-0.2, -0.15) is 4.98 Å². The van der Waals surface area contributed by atoms with Crippen LogP contribution in [-0.4, -0.2) is 52.2 Å². The largest absolute Gasteiger partial charge is 0.380 e. The van der Waals surface area contributed by atoms with Crippen LogP contribution in [0.3, 0.4) is 0 Å². The van der Waals surface area contributed by atoms with Crippen molar-refractivity contribution in [3.8, 4) is 0 Å². The van der Waals surface area contributed by atoms with E-state index in [4.69, 9.17) is 9.26 Å². The fraction of sp³-hybridized carbons (Fsp3) is 0.588. The van der Waals surface area contributed by atoms with Crippen molar-refractivity contribution in [2.24, 2.45) is 11.3 Å². The van der Waals surface area contributed by atoms with Crippen LogP contribution in [0.5, 0.6) is 0 Å². The fourth-order valence-corrected chi connectivity index (χ4v) is 3.91. The van der Waals surface area contributed by atoms with Crippen molar-refractivity contribution in [2.45, 2.75) is 26.2 Å². The molecule has 2 atom stereocenters. The molecule has 1 amide bonds. The molecule has 0 aromatic carbocycles. The summed E-state index contributed by atoms with van der Waals surface area (Å²) in [6.07, 6.45) is 3.85. The molecular formula is C17H22N4O3. The molecule has 0 unspecified atom stereocenters. The number of aromatic amines is 1. The van der Waals surface area contributed by atoms with Gasteiger partial charge in [-0.05, 0) is 25.5 Å². The van der Waals surface area contributed by atoms with Gasteiger partial charge in [0.15, 0.2) is 5.82 Å². The SMILES string of the molecule is Cc1noc(C[C@]23COC[C@H]2CN(C(=O)CCc2ccc[nH]2)C3)n1. The minimum Gasteiger partial charge on any atom is -0.380 e. The lowest BCUT2D eigenvalue weighted by molar-refractivity contribution is -0.131. The van der Waals surface area contributed by atoms with E-state index < -0.39 is 0 Å². The molecule has 24 heavy (non-hydrogen) atoms. The predicted molar refractivity (Wildman–Crippen MR) is 85.2 cm³/mol. The van der Waals surface area contributed by atoms with Crippen LogP contribution in [0.25, 0.3) is 0 Å². The number of ether oxygens (including phenoxy) is 1. The Kier molecular flexibility index (Phi) is 3.88. The second-order valence-corrected chi connectivity index (χ2v) is 6.96. The Balaban J connectivity index is 1.41. The molecule has 0 radical (unpaired) electrons. The highest BCUT2D eigenvalue weighted by Gasteiger charge is 2.52. The zero-order valence-corrected chi connectivity index (χ0v) is 13.8. The van der Waals surface area contributed by atoms with Crippen molar-refractivity contribution in [1.29, 1.82) is 0 Å². The molecule has 4 rings (SSSR count). The maximum Gasteiger partial charge on any atom is 0.227 e. The lowest BCUT2D eigenvalue weighted by atomic mass is 9.78. The van der Waals surface area contributed by atoms with Crippen LogP contribution in [0.4, 0.5) is 0 Å². The number of rotatable bonds is 5. The molecule has 2 aromatic rings. The number of hydrogen-bond donors (Lipinski definition) is 1. The monoisotopic (exact) mass is 330 g/mol. The van der Waals surface area contributed by atoms with Crippen LogP contribution in [0.2, 0.25) is 0 Å². The number of fused-ring (bicyclic) bond motifs is 1. The quantitative estimate of drug-likeness (QED) is 0.895. The van der Waals surface area contributed by atoms with E-state index in [0.717, 1.165) is 18.7 Å². The zero-order chi connectivity index (χ0) is 16.6. The topological polar surface area (TPSA) is 84.3 Å². The van der Waals surface area contributed by atoms with E-state index in [1.54, 1.807) is 0 Å². The first kappa shape index (κ1) is 15.4. The highest BCUT2D eigenvalue weighted by molar-refractivity contribution is 5.77. The summed E-state index contributed by atoms with van der Waals surface area (Å²) in [7, 11) is 0. The van der Waals surface area contributed by atoms with Gasteiger partial charge in [0.1, 0.15) is 0 Å². The van der Waals surface area contributed by atoms with Gasteiger partial charge in [0.25, 0.3) is 0 Å². The number of nitrogens with one attached hydrogen (secondary N) is 1. The molecule has 0 saturated carbocycles. The highest BCUT2D eigenvalue weighted by Crippen LogP contribution is 2.43. The van der Waals surface area contributed by atoms with Crippen LogP contribution in [0.1, 0.15) is 23.8 Å². The van der Waals surface area contributed by atoms with E-state index in [9.17, 15) is 4.79 Å². The van der Waals surface area contributed by atoms with Gasteiger partial charge in [0, 0.05) is 49.2 Å². The maximum absolute atomic E-state index is 12.6. The zero-order valence-electron chi connectivity index (χ0n) is 13.8. The summed E-state index contributed by atoms with van der Waals surface area (Å²) in [6.45, 7) is 4.64. The lowest BCUT2D eigenvalue weighted by Crippen LogP contribution is -2.35. The number of hydrogen-bond acceptors (Lipinski definition) is 5. The number of aryl methyl sites for hydroxylation is 2. The second-order valence-electron chi connectivity index (χ2n) is 6.96. The molecule has 0 spiro atoms. The maximum atomic E-state index is 12.6. The Labute approximate surface area is 140 Å². The Morgan fingerprint density at radius 2 is 2.46 bits per heavy atom. The van der Waals surface area contributed by atoms with Crippen molar-refractivity contribution in [1.82, 2.24) is 20.0 Å². The van der Waals surface area contributed by atoms with Gasteiger partial charge < -0.3 is 19.1 Å². The van der Waals surface area contributed by atoms with Gasteiger partial charge in [0.2, 0.25) is 11.8 Å². The summed E-state index contributed by atoms with van der Waals surface area (Å²) in [5.41, 5.74) is 1.02. The molecule has 2 aliphatic heterocycles. The van der Waals surface area contributed by atoms with Crippen LogP contribution >= 0.6 is 0 Å². The molecule has 0 bridgehead atoms. The molecule has 4 heterocycles. The van der Waals surface area contributed by atoms with Crippen LogP contribution in [0.15, 0.2) is 22.9 Å². The van der Waals surface area contributed by atoms with Crippen LogP contribution in [-0.2, 0) is 22.4 Å². The molecule has 2 fully saturated rings. The van der Waals surface area contributed by atoms with Crippen molar-refractivity contribution >= 4 is 5.91 Å². The first-order valence-corrected chi connectivity index (χ1v) is 8.42. The number of carbonyl (C=O) groups is 1. The lowest BCUT2D eigenvalue weighted by Gasteiger charge is -2.25. The molecule has 7 nitrogen and oxygen atoms in total. The van der Waals surface area contributed by atoms with E-state index in [1.807, 2.05) is 30.2 Å². The molecule has 2 aliphatic rings. The van der Waals surface area contributed by atoms with Crippen LogP contribution in [0, 0.1) is 18.3 Å². The Bertz CT molecular complexity index is 711. The van der Waals surface area contributed by atoms with Crippen LogP contribution < -0.4 is 0 Å². The minimum atomic E-state index is -0.0823. The molecule has 7 heteroatoms.